The molecule has 90 valence electrons. The molecule has 3 rings (SSSR count). The van der Waals surface area contributed by atoms with E-state index in [-0.39, 0.29) is 0 Å². The van der Waals surface area contributed by atoms with Gasteiger partial charge in [-0.1, -0.05) is 0 Å². The van der Waals surface area contributed by atoms with Crippen LogP contribution in [0.5, 0.6) is 0 Å². The van der Waals surface area contributed by atoms with E-state index in [1.54, 1.807) is 0 Å². The molecule has 0 spiro atoms. The zero-order valence-electron chi connectivity index (χ0n) is 10.1. The number of nitrogens with one attached hydrogen (secondary N) is 1. The van der Waals surface area contributed by atoms with Crippen molar-refractivity contribution in [1.29, 1.82) is 0 Å². The molecule has 0 saturated carbocycles. The van der Waals surface area contributed by atoms with Crippen molar-refractivity contribution in [2.45, 2.75) is 13.0 Å². The third-order valence-electron chi connectivity index (χ3n) is 3.61. The van der Waals surface area contributed by atoms with Gasteiger partial charge in [-0.2, -0.15) is 5.10 Å². The fourth-order valence-corrected chi connectivity index (χ4v) is 2.48. The van der Waals surface area contributed by atoms with Crippen molar-refractivity contribution in [1.82, 2.24) is 19.8 Å². The summed E-state index contributed by atoms with van der Waals surface area (Å²) in [6.45, 7) is 6.74. The number of rotatable bonds is 2. The minimum absolute atomic E-state index is 0.483. The zero-order chi connectivity index (χ0) is 11.7. The summed E-state index contributed by atoms with van der Waals surface area (Å²) in [7, 11) is 0. The summed E-state index contributed by atoms with van der Waals surface area (Å²) in [5, 5.41) is 7.62. The van der Waals surface area contributed by atoms with Crippen molar-refractivity contribution in [3.8, 4) is 0 Å². The molecular weight excluding hydrogens is 212 g/mol. The number of aromatic nitrogens is 2. The molecule has 4 heteroatoms. The van der Waals surface area contributed by atoms with Gasteiger partial charge in [0.15, 0.2) is 0 Å². The lowest BCUT2D eigenvalue weighted by Crippen LogP contribution is -2.44. The van der Waals surface area contributed by atoms with Crippen LogP contribution in [-0.2, 0) is 0 Å². The molecule has 0 radical (unpaired) electrons. The third kappa shape index (κ3) is 2.06. The van der Waals surface area contributed by atoms with Gasteiger partial charge in [-0.15, -0.1) is 0 Å². The van der Waals surface area contributed by atoms with E-state index in [1.807, 2.05) is 23.0 Å². The Kier molecular flexibility index (Phi) is 2.82. The van der Waals surface area contributed by atoms with Gasteiger partial charge in [-0.05, 0) is 30.7 Å². The Morgan fingerprint density at radius 2 is 2.12 bits per heavy atom. The molecule has 2 aromatic rings. The van der Waals surface area contributed by atoms with E-state index in [1.165, 1.54) is 11.1 Å². The van der Waals surface area contributed by atoms with Gasteiger partial charge in [0.25, 0.3) is 0 Å². The first-order valence-electron chi connectivity index (χ1n) is 6.23. The van der Waals surface area contributed by atoms with Gasteiger partial charge in [0, 0.05) is 44.6 Å². The van der Waals surface area contributed by atoms with E-state index < -0.39 is 0 Å². The first kappa shape index (κ1) is 10.7. The van der Waals surface area contributed by atoms with Crippen LogP contribution in [0.2, 0.25) is 0 Å². The summed E-state index contributed by atoms with van der Waals surface area (Å²) in [4.78, 5) is 2.53. The van der Waals surface area contributed by atoms with Crippen molar-refractivity contribution in [3.63, 3.8) is 0 Å². The quantitative estimate of drug-likeness (QED) is 0.844. The molecular formula is C13H18N4. The number of fused-ring (bicyclic) bond motifs is 1. The average Bonchev–Trinajstić information content (AvgIpc) is 2.86. The number of nitrogens with zero attached hydrogens (tertiary/aromatic N) is 3. The minimum Gasteiger partial charge on any atom is -0.314 e. The second-order valence-corrected chi connectivity index (χ2v) is 4.62. The van der Waals surface area contributed by atoms with Crippen LogP contribution in [0.4, 0.5) is 0 Å². The smallest absolute Gasteiger partial charge is 0.0664 e. The highest BCUT2D eigenvalue weighted by atomic mass is 15.2. The van der Waals surface area contributed by atoms with Crippen molar-refractivity contribution in [3.05, 3.63) is 36.2 Å². The lowest BCUT2D eigenvalue weighted by molar-refractivity contribution is 0.185. The summed E-state index contributed by atoms with van der Waals surface area (Å²) >= 11 is 0. The van der Waals surface area contributed by atoms with Crippen molar-refractivity contribution >= 4 is 5.52 Å². The Morgan fingerprint density at radius 3 is 2.94 bits per heavy atom. The Labute approximate surface area is 101 Å². The topological polar surface area (TPSA) is 32.6 Å². The summed E-state index contributed by atoms with van der Waals surface area (Å²) < 4.78 is 1.91. The van der Waals surface area contributed by atoms with E-state index >= 15 is 0 Å². The predicted molar refractivity (Wildman–Crippen MR) is 68.0 cm³/mol. The average molecular weight is 230 g/mol. The summed E-state index contributed by atoms with van der Waals surface area (Å²) in [6, 6.07) is 6.94. The predicted octanol–water partition coefficient (Wildman–Crippen LogP) is 1.30. The lowest BCUT2D eigenvalue weighted by atomic mass is 10.1. The van der Waals surface area contributed by atoms with Crippen molar-refractivity contribution < 1.29 is 0 Å². The van der Waals surface area contributed by atoms with Gasteiger partial charge in [-0.3, -0.25) is 4.90 Å². The minimum atomic E-state index is 0.483. The molecule has 1 atom stereocenters. The molecule has 1 unspecified atom stereocenters. The SMILES string of the molecule is CC(c1ccn2nccc2c1)N1CCNCC1. The number of hydrogen-bond acceptors (Lipinski definition) is 3. The maximum absolute atomic E-state index is 4.22. The Balaban J connectivity index is 1.86. The van der Waals surface area contributed by atoms with E-state index in [2.05, 4.69) is 34.4 Å². The molecule has 0 amide bonds. The van der Waals surface area contributed by atoms with Crippen LogP contribution in [-0.4, -0.2) is 40.7 Å². The van der Waals surface area contributed by atoms with Gasteiger partial charge in [-0.25, -0.2) is 4.52 Å². The maximum Gasteiger partial charge on any atom is 0.0664 e. The Hall–Kier alpha value is -1.39. The number of piperazine rings is 1. The molecule has 3 heterocycles. The molecule has 1 N–H and O–H groups in total. The van der Waals surface area contributed by atoms with Gasteiger partial charge in [0.05, 0.1) is 5.52 Å². The molecule has 1 fully saturated rings. The molecule has 1 saturated heterocycles. The molecule has 1 aliphatic heterocycles. The Bertz CT molecular complexity index is 499. The van der Waals surface area contributed by atoms with Gasteiger partial charge in [0.2, 0.25) is 0 Å². The fraction of sp³-hybridized carbons (Fsp3) is 0.462. The monoisotopic (exact) mass is 230 g/mol. The van der Waals surface area contributed by atoms with Gasteiger partial charge < -0.3 is 5.32 Å². The van der Waals surface area contributed by atoms with Gasteiger partial charge >= 0.3 is 0 Å². The molecule has 0 aromatic carbocycles. The molecule has 4 nitrogen and oxygen atoms in total. The lowest BCUT2D eigenvalue weighted by Gasteiger charge is -2.33. The molecule has 0 aliphatic carbocycles. The highest BCUT2D eigenvalue weighted by molar-refractivity contribution is 5.48. The Morgan fingerprint density at radius 1 is 1.29 bits per heavy atom. The van der Waals surface area contributed by atoms with Crippen LogP contribution in [0.3, 0.4) is 0 Å². The third-order valence-corrected chi connectivity index (χ3v) is 3.61. The van der Waals surface area contributed by atoms with E-state index in [0.717, 1.165) is 26.2 Å². The summed E-state index contributed by atoms with van der Waals surface area (Å²) in [5.74, 6) is 0. The first-order chi connectivity index (χ1) is 8.34. The van der Waals surface area contributed by atoms with E-state index in [0.29, 0.717) is 6.04 Å². The van der Waals surface area contributed by atoms with Crippen molar-refractivity contribution in [2.24, 2.45) is 0 Å². The van der Waals surface area contributed by atoms with Crippen LogP contribution in [0.25, 0.3) is 5.52 Å². The standard InChI is InChI=1S/C13H18N4/c1-11(16-8-5-14-6-9-16)12-3-7-17-13(10-12)2-4-15-17/h2-4,7,10-11,14H,5-6,8-9H2,1H3. The van der Waals surface area contributed by atoms with Gasteiger partial charge in [0.1, 0.15) is 0 Å². The molecule has 0 bridgehead atoms. The van der Waals surface area contributed by atoms with E-state index in [4.69, 9.17) is 0 Å². The van der Waals surface area contributed by atoms with Crippen LogP contribution >= 0.6 is 0 Å². The largest absolute Gasteiger partial charge is 0.314 e. The molecule has 1 aliphatic rings. The normalized spacial score (nSPS) is 19.6. The maximum atomic E-state index is 4.22. The second kappa shape index (κ2) is 4.47. The van der Waals surface area contributed by atoms with Crippen LogP contribution in [0.15, 0.2) is 30.6 Å². The van der Waals surface area contributed by atoms with E-state index in [9.17, 15) is 0 Å². The zero-order valence-corrected chi connectivity index (χ0v) is 10.1. The molecule has 17 heavy (non-hydrogen) atoms. The highest BCUT2D eigenvalue weighted by Gasteiger charge is 2.17. The second-order valence-electron chi connectivity index (χ2n) is 4.62. The summed E-state index contributed by atoms with van der Waals surface area (Å²) in [5.41, 5.74) is 2.55. The van der Waals surface area contributed by atoms with Crippen LogP contribution in [0, 0.1) is 0 Å². The molecule has 2 aromatic heterocycles. The number of pyridine rings is 1. The number of hydrogen-bond donors (Lipinski definition) is 1. The highest BCUT2D eigenvalue weighted by Crippen LogP contribution is 2.21. The summed E-state index contributed by atoms with van der Waals surface area (Å²) in [6.07, 6.45) is 3.89. The fourth-order valence-electron chi connectivity index (χ4n) is 2.48. The van der Waals surface area contributed by atoms with Crippen LogP contribution in [0.1, 0.15) is 18.5 Å². The van der Waals surface area contributed by atoms with Crippen LogP contribution < -0.4 is 5.32 Å². The first-order valence-corrected chi connectivity index (χ1v) is 6.23. The van der Waals surface area contributed by atoms with Crippen molar-refractivity contribution in [2.75, 3.05) is 26.2 Å².